The molecule has 0 aliphatic carbocycles. The van der Waals surface area contributed by atoms with E-state index in [-0.39, 0.29) is 5.91 Å². The molecule has 1 aromatic carbocycles. The number of benzene rings is 1. The van der Waals surface area contributed by atoms with Crippen LogP contribution in [0.1, 0.15) is 13.3 Å². The summed E-state index contributed by atoms with van der Waals surface area (Å²) in [7, 11) is 1.78. The zero-order valence-electron chi connectivity index (χ0n) is 11.5. The number of carbonyl (C=O) groups excluding carboxylic acids is 1. The summed E-state index contributed by atoms with van der Waals surface area (Å²) in [4.78, 5) is 13.4. The molecule has 0 fully saturated rings. The van der Waals surface area contributed by atoms with Crippen molar-refractivity contribution in [3.8, 4) is 5.75 Å². The van der Waals surface area contributed by atoms with E-state index in [0.29, 0.717) is 36.9 Å². The number of likely N-dealkylation sites (N-methyl/N-ethyl adjacent to an activating group) is 1. The highest BCUT2D eigenvalue weighted by Crippen LogP contribution is 2.22. The number of nitrogens with zero attached hydrogens (tertiary/aromatic N) is 1. The second-order valence-corrected chi connectivity index (χ2v) is 4.60. The lowest BCUT2D eigenvalue weighted by Gasteiger charge is -2.17. The topological polar surface area (TPSA) is 41.6 Å². The molecule has 1 aromatic rings. The molecule has 1 amide bonds. The second-order valence-electron chi connectivity index (χ2n) is 4.20. The first-order chi connectivity index (χ1) is 9.15. The molecule has 1 N–H and O–H groups in total. The lowest BCUT2D eigenvalue weighted by atomic mass is 10.3. The van der Waals surface area contributed by atoms with Crippen LogP contribution in [0.5, 0.6) is 5.75 Å². The average Bonchev–Trinajstić information content (AvgIpc) is 2.41. The highest BCUT2D eigenvalue weighted by atomic mass is 35.5. The zero-order chi connectivity index (χ0) is 14.1. The standard InChI is InChI=1S/C14H21ClN2O2/c1-3-16-9-8-14(18)17(2)10-11-19-13-7-5-4-6-12(13)15/h4-7,16H,3,8-11H2,1-2H3. The Morgan fingerprint density at radius 2 is 2.16 bits per heavy atom. The van der Waals surface area contributed by atoms with E-state index >= 15 is 0 Å². The average molecular weight is 285 g/mol. The van der Waals surface area contributed by atoms with E-state index in [1.807, 2.05) is 25.1 Å². The third kappa shape index (κ3) is 5.94. The van der Waals surface area contributed by atoms with Gasteiger partial charge < -0.3 is 15.0 Å². The smallest absolute Gasteiger partial charge is 0.223 e. The molecule has 0 aliphatic rings. The number of hydrogen-bond donors (Lipinski definition) is 1. The third-order valence-corrected chi connectivity index (χ3v) is 3.02. The molecule has 0 heterocycles. The monoisotopic (exact) mass is 284 g/mol. The Bertz CT molecular complexity index is 399. The summed E-state index contributed by atoms with van der Waals surface area (Å²) in [6, 6.07) is 7.32. The van der Waals surface area contributed by atoms with Crippen molar-refractivity contribution in [2.45, 2.75) is 13.3 Å². The van der Waals surface area contributed by atoms with Crippen molar-refractivity contribution in [2.75, 3.05) is 33.3 Å². The van der Waals surface area contributed by atoms with Gasteiger partial charge in [-0.1, -0.05) is 30.7 Å². The van der Waals surface area contributed by atoms with E-state index < -0.39 is 0 Å². The third-order valence-electron chi connectivity index (χ3n) is 2.71. The molecule has 0 saturated heterocycles. The molecule has 5 heteroatoms. The molecule has 19 heavy (non-hydrogen) atoms. The van der Waals surface area contributed by atoms with Gasteiger partial charge in [0, 0.05) is 20.0 Å². The van der Waals surface area contributed by atoms with Crippen LogP contribution in [0.2, 0.25) is 5.02 Å². The molecule has 0 saturated carbocycles. The van der Waals surface area contributed by atoms with Crippen LogP contribution < -0.4 is 10.1 Å². The van der Waals surface area contributed by atoms with Gasteiger partial charge in [-0.2, -0.15) is 0 Å². The van der Waals surface area contributed by atoms with Gasteiger partial charge >= 0.3 is 0 Å². The number of para-hydroxylation sites is 1. The second kappa shape index (κ2) is 8.77. The van der Waals surface area contributed by atoms with Crippen LogP contribution in [0.25, 0.3) is 0 Å². The summed E-state index contributed by atoms with van der Waals surface area (Å²) in [5, 5.41) is 3.71. The van der Waals surface area contributed by atoms with E-state index in [4.69, 9.17) is 16.3 Å². The minimum atomic E-state index is 0.115. The van der Waals surface area contributed by atoms with Gasteiger partial charge in [-0.15, -0.1) is 0 Å². The Morgan fingerprint density at radius 1 is 1.42 bits per heavy atom. The number of halogens is 1. The van der Waals surface area contributed by atoms with Crippen LogP contribution in [0.3, 0.4) is 0 Å². The molecule has 0 atom stereocenters. The first-order valence-electron chi connectivity index (χ1n) is 6.47. The lowest BCUT2D eigenvalue weighted by molar-refractivity contribution is -0.130. The summed E-state index contributed by atoms with van der Waals surface area (Å²) in [5.41, 5.74) is 0. The van der Waals surface area contributed by atoms with Crippen LogP contribution >= 0.6 is 11.6 Å². The maximum atomic E-state index is 11.7. The van der Waals surface area contributed by atoms with Crippen molar-refractivity contribution in [2.24, 2.45) is 0 Å². The predicted molar refractivity (Wildman–Crippen MR) is 77.7 cm³/mol. The van der Waals surface area contributed by atoms with Gasteiger partial charge in [0.25, 0.3) is 0 Å². The molecule has 0 bridgehead atoms. The van der Waals surface area contributed by atoms with E-state index in [0.717, 1.165) is 6.54 Å². The quantitative estimate of drug-likeness (QED) is 0.744. The zero-order valence-corrected chi connectivity index (χ0v) is 12.2. The summed E-state index contributed by atoms with van der Waals surface area (Å²) >= 11 is 5.97. The van der Waals surface area contributed by atoms with Gasteiger partial charge in [-0.3, -0.25) is 4.79 Å². The highest BCUT2D eigenvalue weighted by molar-refractivity contribution is 6.32. The number of ether oxygens (including phenoxy) is 1. The van der Waals surface area contributed by atoms with Crippen molar-refractivity contribution in [3.63, 3.8) is 0 Å². The number of amides is 1. The highest BCUT2D eigenvalue weighted by Gasteiger charge is 2.08. The summed E-state index contributed by atoms with van der Waals surface area (Å²) in [5.74, 6) is 0.765. The Balaban J connectivity index is 2.25. The fourth-order valence-electron chi connectivity index (χ4n) is 1.54. The minimum absolute atomic E-state index is 0.115. The number of hydrogen-bond acceptors (Lipinski definition) is 3. The molecule has 0 aromatic heterocycles. The van der Waals surface area contributed by atoms with E-state index in [1.165, 1.54) is 0 Å². The van der Waals surface area contributed by atoms with E-state index in [2.05, 4.69) is 5.32 Å². The Hall–Kier alpha value is -1.26. The van der Waals surface area contributed by atoms with E-state index in [9.17, 15) is 4.79 Å². The van der Waals surface area contributed by atoms with Crippen molar-refractivity contribution in [1.82, 2.24) is 10.2 Å². The van der Waals surface area contributed by atoms with Crippen LogP contribution in [0, 0.1) is 0 Å². The Labute approximate surface area is 119 Å². The van der Waals surface area contributed by atoms with Gasteiger partial charge in [0.1, 0.15) is 12.4 Å². The Morgan fingerprint density at radius 3 is 2.84 bits per heavy atom. The molecular weight excluding hydrogens is 264 g/mol. The number of rotatable bonds is 8. The lowest BCUT2D eigenvalue weighted by Crippen LogP contribution is -2.33. The van der Waals surface area contributed by atoms with Gasteiger partial charge in [-0.25, -0.2) is 0 Å². The van der Waals surface area contributed by atoms with Crippen LogP contribution in [-0.2, 0) is 4.79 Å². The Kier molecular flexibility index (Phi) is 7.30. The number of nitrogens with one attached hydrogen (secondary N) is 1. The van der Waals surface area contributed by atoms with Gasteiger partial charge in [-0.05, 0) is 18.7 Å². The van der Waals surface area contributed by atoms with Crippen LogP contribution in [-0.4, -0.2) is 44.1 Å². The fourth-order valence-corrected chi connectivity index (χ4v) is 1.73. The molecule has 1 rings (SSSR count). The van der Waals surface area contributed by atoms with Crippen molar-refractivity contribution in [1.29, 1.82) is 0 Å². The molecule has 0 radical (unpaired) electrons. The minimum Gasteiger partial charge on any atom is -0.490 e. The van der Waals surface area contributed by atoms with Crippen LogP contribution in [0.15, 0.2) is 24.3 Å². The molecule has 4 nitrogen and oxygen atoms in total. The summed E-state index contributed by atoms with van der Waals surface area (Å²) in [6.45, 7) is 4.60. The molecule has 106 valence electrons. The maximum absolute atomic E-state index is 11.7. The molecule has 0 spiro atoms. The SMILES string of the molecule is CCNCCC(=O)N(C)CCOc1ccccc1Cl. The van der Waals surface area contributed by atoms with Gasteiger partial charge in [0.05, 0.1) is 11.6 Å². The van der Waals surface area contributed by atoms with Crippen molar-refractivity contribution >= 4 is 17.5 Å². The fraction of sp³-hybridized carbons (Fsp3) is 0.500. The largest absolute Gasteiger partial charge is 0.490 e. The van der Waals surface area contributed by atoms with Gasteiger partial charge in [0.2, 0.25) is 5.91 Å². The summed E-state index contributed by atoms with van der Waals surface area (Å²) in [6.07, 6.45) is 0.510. The normalized spacial score (nSPS) is 10.3. The number of carbonyl (C=O) groups is 1. The van der Waals surface area contributed by atoms with Crippen molar-refractivity contribution in [3.05, 3.63) is 29.3 Å². The van der Waals surface area contributed by atoms with Gasteiger partial charge in [0.15, 0.2) is 0 Å². The van der Waals surface area contributed by atoms with E-state index in [1.54, 1.807) is 18.0 Å². The first kappa shape index (κ1) is 15.8. The summed E-state index contributed by atoms with van der Waals surface area (Å²) < 4.78 is 5.54. The molecule has 0 aliphatic heterocycles. The maximum Gasteiger partial charge on any atom is 0.223 e. The predicted octanol–water partition coefficient (Wildman–Crippen LogP) is 2.18. The van der Waals surface area contributed by atoms with Crippen molar-refractivity contribution < 1.29 is 9.53 Å². The molecular formula is C14H21ClN2O2. The van der Waals surface area contributed by atoms with Crippen LogP contribution in [0.4, 0.5) is 0 Å². The first-order valence-corrected chi connectivity index (χ1v) is 6.85. The molecule has 0 unspecified atom stereocenters.